The van der Waals surface area contributed by atoms with Gasteiger partial charge < -0.3 is 10.2 Å². The van der Waals surface area contributed by atoms with Crippen molar-refractivity contribution in [1.82, 2.24) is 9.55 Å². The molecule has 0 aliphatic carbocycles. The van der Waals surface area contributed by atoms with Crippen molar-refractivity contribution in [2.45, 2.75) is 32.7 Å². The highest BCUT2D eigenvalue weighted by molar-refractivity contribution is 7.09. The molecule has 5 nitrogen and oxygen atoms in total. The Morgan fingerprint density at radius 2 is 2.14 bits per heavy atom. The Kier molecular flexibility index (Phi) is 3.13. The van der Waals surface area contributed by atoms with Crippen molar-refractivity contribution in [3.8, 4) is 0 Å². The Labute approximate surface area is 126 Å². The first kappa shape index (κ1) is 13.9. The molecule has 0 aliphatic heterocycles. The molecule has 0 saturated heterocycles. The van der Waals surface area contributed by atoms with Crippen molar-refractivity contribution in [3.63, 3.8) is 0 Å². The molecule has 2 N–H and O–H groups in total. The molecule has 3 rings (SSSR count). The van der Waals surface area contributed by atoms with Crippen LogP contribution in [-0.2, 0) is 12.0 Å². The van der Waals surface area contributed by atoms with Gasteiger partial charge in [-0.15, -0.1) is 11.3 Å². The van der Waals surface area contributed by atoms with Gasteiger partial charge in [0, 0.05) is 16.5 Å². The van der Waals surface area contributed by atoms with Crippen LogP contribution in [0.5, 0.6) is 0 Å². The lowest BCUT2D eigenvalue weighted by Crippen LogP contribution is -2.16. The van der Waals surface area contributed by atoms with E-state index in [4.69, 9.17) is 10.2 Å². The first-order chi connectivity index (χ1) is 9.84. The van der Waals surface area contributed by atoms with Crippen LogP contribution in [0.15, 0.2) is 32.8 Å². The molecule has 110 valence electrons. The number of fused-ring (bicyclic) bond motifs is 1. The van der Waals surface area contributed by atoms with Crippen molar-refractivity contribution >= 4 is 28.1 Å². The van der Waals surface area contributed by atoms with Gasteiger partial charge in [-0.2, -0.15) is 0 Å². The highest BCUT2D eigenvalue weighted by Gasteiger charge is 2.18. The van der Waals surface area contributed by atoms with Gasteiger partial charge in [0.2, 0.25) is 0 Å². The summed E-state index contributed by atoms with van der Waals surface area (Å²) in [5.41, 5.74) is 8.67. The molecule has 0 unspecified atom stereocenters. The summed E-state index contributed by atoms with van der Waals surface area (Å²) in [6, 6.07) is 5.18. The van der Waals surface area contributed by atoms with Gasteiger partial charge in [-0.3, -0.25) is 4.57 Å². The number of benzene rings is 1. The van der Waals surface area contributed by atoms with E-state index in [1.165, 1.54) is 0 Å². The Bertz CT molecular complexity index is 852. The zero-order valence-corrected chi connectivity index (χ0v) is 13.0. The van der Waals surface area contributed by atoms with Crippen LogP contribution in [0.3, 0.4) is 0 Å². The summed E-state index contributed by atoms with van der Waals surface area (Å²) in [5, 5.41) is 2.92. The van der Waals surface area contributed by atoms with Gasteiger partial charge in [-0.05, 0) is 18.2 Å². The fraction of sp³-hybridized carbons (Fsp3) is 0.333. The maximum Gasteiger partial charge on any atom is 0.420 e. The minimum Gasteiger partial charge on any atom is -0.408 e. The molecule has 0 saturated carbocycles. The number of nitrogen functional groups attached to an aromatic ring is 1. The van der Waals surface area contributed by atoms with E-state index in [2.05, 4.69) is 25.8 Å². The molecule has 0 bridgehead atoms. The minimum absolute atomic E-state index is 0.00258. The summed E-state index contributed by atoms with van der Waals surface area (Å²) in [7, 11) is 0. The SMILES string of the molecule is CC(C)(C)c1csc(Cn2c(=O)oc3ccc(N)cc32)n1. The highest BCUT2D eigenvalue weighted by atomic mass is 32.1. The number of hydrogen-bond donors (Lipinski definition) is 1. The predicted molar refractivity (Wildman–Crippen MR) is 84.8 cm³/mol. The summed E-state index contributed by atoms with van der Waals surface area (Å²) >= 11 is 1.55. The fourth-order valence-electron chi connectivity index (χ4n) is 2.09. The molecule has 2 aromatic heterocycles. The highest BCUT2D eigenvalue weighted by Crippen LogP contribution is 2.25. The van der Waals surface area contributed by atoms with E-state index < -0.39 is 0 Å². The number of rotatable bonds is 2. The van der Waals surface area contributed by atoms with E-state index in [9.17, 15) is 4.79 Å². The molecule has 0 aliphatic rings. The number of nitrogens with zero attached hydrogens (tertiary/aromatic N) is 2. The maximum absolute atomic E-state index is 12.0. The van der Waals surface area contributed by atoms with Crippen molar-refractivity contribution < 1.29 is 4.42 Å². The van der Waals surface area contributed by atoms with Crippen LogP contribution in [0, 0.1) is 0 Å². The third-order valence-electron chi connectivity index (χ3n) is 3.30. The molecule has 0 spiro atoms. The standard InChI is InChI=1S/C15H17N3O2S/c1-15(2,3)12-8-21-13(17-12)7-18-10-6-9(16)4-5-11(10)20-14(18)19/h4-6,8H,7,16H2,1-3H3. The van der Waals surface area contributed by atoms with E-state index in [1.807, 2.05) is 5.38 Å². The van der Waals surface area contributed by atoms with E-state index in [0.717, 1.165) is 10.7 Å². The lowest BCUT2D eigenvalue weighted by Gasteiger charge is -2.14. The summed E-state index contributed by atoms with van der Waals surface area (Å²) in [6.45, 7) is 6.75. The second-order valence-electron chi connectivity index (χ2n) is 6.06. The lowest BCUT2D eigenvalue weighted by molar-refractivity contribution is 0.516. The van der Waals surface area contributed by atoms with Gasteiger partial charge in [0.05, 0.1) is 17.8 Å². The van der Waals surface area contributed by atoms with Crippen LogP contribution in [0.25, 0.3) is 11.1 Å². The summed E-state index contributed by atoms with van der Waals surface area (Å²) in [4.78, 5) is 16.6. The van der Waals surface area contributed by atoms with Crippen LogP contribution < -0.4 is 11.5 Å². The summed E-state index contributed by atoms with van der Waals surface area (Å²) in [6.07, 6.45) is 0. The summed E-state index contributed by atoms with van der Waals surface area (Å²) in [5.74, 6) is -0.386. The smallest absolute Gasteiger partial charge is 0.408 e. The van der Waals surface area contributed by atoms with Crippen LogP contribution >= 0.6 is 11.3 Å². The van der Waals surface area contributed by atoms with E-state index in [0.29, 0.717) is 23.3 Å². The number of thiazole rings is 1. The molecular formula is C15H17N3O2S. The van der Waals surface area contributed by atoms with Crippen molar-refractivity contribution in [1.29, 1.82) is 0 Å². The van der Waals surface area contributed by atoms with Crippen LogP contribution in [0.2, 0.25) is 0 Å². The fourth-order valence-corrected chi connectivity index (χ4v) is 3.10. The summed E-state index contributed by atoms with van der Waals surface area (Å²) < 4.78 is 6.80. The molecule has 0 amide bonds. The Morgan fingerprint density at radius 1 is 1.38 bits per heavy atom. The number of hydrogen-bond acceptors (Lipinski definition) is 5. The predicted octanol–water partition coefficient (Wildman–Crippen LogP) is 2.98. The molecule has 6 heteroatoms. The topological polar surface area (TPSA) is 74.0 Å². The molecule has 0 radical (unpaired) electrons. The second kappa shape index (κ2) is 4.73. The number of nitrogens with two attached hydrogens (primary N) is 1. The van der Waals surface area contributed by atoms with Crippen molar-refractivity contribution in [2.24, 2.45) is 0 Å². The van der Waals surface area contributed by atoms with Gasteiger partial charge in [-0.25, -0.2) is 9.78 Å². The molecule has 3 aromatic rings. The van der Waals surface area contributed by atoms with Crippen molar-refractivity contribution in [2.75, 3.05) is 5.73 Å². The van der Waals surface area contributed by atoms with Gasteiger partial charge in [-0.1, -0.05) is 20.8 Å². The number of anilines is 1. The molecular weight excluding hydrogens is 286 g/mol. The molecule has 2 heterocycles. The monoisotopic (exact) mass is 303 g/mol. The van der Waals surface area contributed by atoms with Gasteiger partial charge in [0.15, 0.2) is 5.58 Å². The second-order valence-corrected chi connectivity index (χ2v) is 7.00. The Morgan fingerprint density at radius 3 is 2.81 bits per heavy atom. The maximum atomic E-state index is 12.0. The Balaban J connectivity index is 2.02. The first-order valence-corrected chi connectivity index (χ1v) is 7.56. The Hall–Kier alpha value is -2.08. The average molecular weight is 303 g/mol. The van der Waals surface area contributed by atoms with Crippen LogP contribution in [0.4, 0.5) is 5.69 Å². The van der Waals surface area contributed by atoms with Crippen LogP contribution in [0.1, 0.15) is 31.5 Å². The first-order valence-electron chi connectivity index (χ1n) is 6.68. The number of aromatic nitrogens is 2. The van der Waals surface area contributed by atoms with Crippen LogP contribution in [-0.4, -0.2) is 9.55 Å². The molecule has 0 fully saturated rings. The van der Waals surface area contributed by atoms with Crippen molar-refractivity contribution in [3.05, 3.63) is 44.8 Å². The van der Waals surface area contributed by atoms with E-state index in [1.54, 1.807) is 34.1 Å². The zero-order valence-electron chi connectivity index (χ0n) is 12.2. The molecule has 0 atom stereocenters. The third-order valence-corrected chi connectivity index (χ3v) is 4.14. The average Bonchev–Trinajstić information content (AvgIpc) is 2.96. The normalized spacial score (nSPS) is 12.1. The minimum atomic E-state index is -0.386. The van der Waals surface area contributed by atoms with E-state index >= 15 is 0 Å². The quantitative estimate of drug-likeness (QED) is 0.739. The zero-order chi connectivity index (χ0) is 15.2. The van der Waals surface area contributed by atoms with E-state index in [-0.39, 0.29) is 11.2 Å². The molecule has 1 aromatic carbocycles. The largest absolute Gasteiger partial charge is 0.420 e. The number of oxazole rings is 1. The van der Waals surface area contributed by atoms with Gasteiger partial charge in [0.25, 0.3) is 0 Å². The van der Waals surface area contributed by atoms with Gasteiger partial charge in [0.1, 0.15) is 5.01 Å². The third kappa shape index (κ3) is 2.58. The van der Waals surface area contributed by atoms with Gasteiger partial charge >= 0.3 is 5.76 Å². The molecule has 21 heavy (non-hydrogen) atoms. The lowest BCUT2D eigenvalue weighted by atomic mass is 9.93.